The summed E-state index contributed by atoms with van der Waals surface area (Å²) in [5.74, 6) is 0. The van der Waals surface area contributed by atoms with Crippen LogP contribution >= 0.6 is 93.0 Å². The van der Waals surface area contributed by atoms with Gasteiger partial charge in [-0.1, -0.05) is 0 Å². The van der Waals surface area contributed by atoms with Crippen LogP contribution in [-0.2, 0) is 8.46 Å². The van der Waals surface area contributed by atoms with E-state index in [1.165, 1.54) is 74.3 Å². The molecule has 5 nitrogen and oxygen atoms in total. The van der Waals surface area contributed by atoms with Gasteiger partial charge in [-0.05, 0) is 0 Å². The van der Waals surface area contributed by atoms with Gasteiger partial charge in [0.2, 0.25) is 0 Å². The maximum absolute atomic E-state index is 4.15. The number of rotatable bonds is 0. The Hall–Kier alpha value is 5.59. The number of hydrogen-bond donors (Lipinski definition) is 0. The molecule has 0 unspecified atom stereocenters. The van der Waals surface area contributed by atoms with Crippen molar-refractivity contribution in [2.75, 3.05) is 0 Å². The van der Waals surface area contributed by atoms with Crippen molar-refractivity contribution in [3.8, 4) is 0 Å². The van der Waals surface area contributed by atoms with E-state index in [2.05, 4.69) is 93.0 Å². The molecule has 0 spiro atoms. The first-order chi connectivity index (χ1) is 6.41. The summed E-state index contributed by atoms with van der Waals surface area (Å²) in [5.41, 5.74) is 0. The van der Waals surface area contributed by atoms with Gasteiger partial charge in [-0.3, -0.25) is 0 Å². The van der Waals surface area contributed by atoms with Gasteiger partial charge in [0.05, 0.1) is 0 Å². The Bertz CT molecular complexity index is 57.6. The van der Waals surface area contributed by atoms with Crippen LogP contribution in [0.3, 0.4) is 0 Å². The first kappa shape index (κ1) is 75.9. The van der Waals surface area contributed by atoms with Crippen molar-refractivity contribution in [1.82, 2.24) is 0 Å². The molecule has 0 aromatic rings. The summed E-state index contributed by atoms with van der Waals surface area (Å²) in [5, 5.41) is 0. The Morgan fingerprint density at radius 2 is 0.444 bits per heavy atom. The van der Waals surface area contributed by atoms with E-state index in [0.717, 1.165) is 0 Å². The molecule has 0 aromatic heterocycles. The summed E-state index contributed by atoms with van der Waals surface area (Å²) < 4.78 is 0. The predicted octanol–water partition coefficient (Wildman–Crippen LogP) is -2.36. The third-order valence-corrected chi connectivity index (χ3v) is 0. The van der Waals surface area contributed by atoms with Crippen molar-refractivity contribution >= 4 is 167 Å². The van der Waals surface area contributed by atoms with E-state index >= 15 is 0 Å². The van der Waals surface area contributed by atoms with Crippen LogP contribution in [0.5, 0.6) is 0 Å². The van der Waals surface area contributed by atoms with Gasteiger partial charge >= 0.3 is 176 Å². The zero-order chi connectivity index (χ0) is 12.7. The van der Waals surface area contributed by atoms with Crippen molar-refractivity contribution in [3.63, 3.8) is 0 Å². The van der Waals surface area contributed by atoms with E-state index in [1.807, 2.05) is 0 Å². The average Bonchev–Trinajstić information content (AvgIpc) is 2.32. The van der Waals surface area contributed by atoms with E-state index in [-0.39, 0.29) is 27.4 Å². The van der Waals surface area contributed by atoms with Gasteiger partial charge in [0, 0.05) is 0 Å². The first-order valence-corrected chi connectivity index (χ1v) is 24.7. The SMILES string of the molecule is O.O.O.O.O.[I][Cu][I].[S]=[GeH].[S]=[GeH].[S]=[GeH].[S]=[GeH].[S]=[GeH]. The summed E-state index contributed by atoms with van der Waals surface area (Å²) in [4.78, 5) is 0. The molecule has 18 heavy (non-hydrogen) atoms. The minimum absolute atomic E-state index is 0. The van der Waals surface area contributed by atoms with Crippen molar-refractivity contribution in [3.05, 3.63) is 0 Å². The van der Waals surface area contributed by atoms with Crippen molar-refractivity contribution in [1.29, 1.82) is 0 Å². The molecule has 0 aliphatic carbocycles. The molecule has 5 radical (unpaired) electrons. The molecule has 0 atom stereocenters. The van der Waals surface area contributed by atoms with E-state index in [4.69, 9.17) is 0 Å². The normalized spacial score (nSPS) is 2.33. The van der Waals surface area contributed by atoms with Gasteiger partial charge in [0.1, 0.15) is 0 Å². The van der Waals surface area contributed by atoms with Crippen LogP contribution in [0.2, 0.25) is 0 Å². The van der Waals surface area contributed by atoms with Gasteiger partial charge in [-0.25, -0.2) is 0 Å². The second-order valence-corrected chi connectivity index (χ2v) is 7.99. The Morgan fingerprint density at radius 1 is 0.444 bits per heavy atom. The summed E-state index contributed by atoms with van der Waals surface area (Å²) >= 11 is 10.7. The van der Waals surface area contributed by atoms with E-state index in [1.54, 1.807) is 8.46 Å². The fourth-order valence-electron chi connectivity index (χ4n) is 0. The Morgan fingerprint density at radius 3 is 0.444 bits per heavy atom. The molecule has 0 saturated carbocycles. The van der Waals surface area contributed by atoms with Crippen LogP contribution in [0.15, 0.2) is 0 Å². The summed E-state index contributed by atoms with van der Waals surface area (Å²) in [7, 11) is 22.5. The summed E-state index contributed by atoms with van der Waals surface area (Å²) in [6.45, 7) is 0. The Balaban J connectivity index is -0.00000000347. The third-order valence-electron chi connectivity index (χ3n) is 0. The van der Waals surface area contributed by atoms with Crippen molar-refractivity contribution in [2.45, 2.75) is 0 Å². The van der Waals surface area contributed by atoms with Crippen molar-refractivity contribution in [2.24, 2.45) is 0 Å². The fraction of sp³-hybridized carbons (Fsp3) is 0. The molecule has 0 fully saturated rings. The van der Waals surface area contributed by atoms with Gasteiger partial charge in [0.15, 0.2) is 0 Å². The molecule has 10 N–H and O–H groups in total. The monoisotopic (exact) mass is 941 g/mol. The molecule has 120 valence electrons. The van der Waals surface area contributed by atoms with Gasteiger partial charge in [0.25, 0.3) is 0 Å². The molecule has 0 saturated heterocycles. The second-order valence-electron chi connectivity index (χ2n) is 0.0431. The van der Waals surface area contributed by atoms with Gasteiger partial charge < -0.3 is 27.4 Å². The standard InChI is InChI=1S/Cu.5GeHS.2HI.5H2O/c;5*1-2;;;;;;;/h;5*1H;2*1H;5*1H2/q+2;;;;;;;;;;;;/p-2. The van der Waals surface area contributed by atoms with Crippen LogP contribution in [0.4, 0.5) is 0 Å². The predicted molar refractivity (Wildman–Crippen MR) is 120 cm³/mol. The fourth-order valence-corrected chi connectivity index (χ4v) is 0. The van der Waals surface area contributed by atoms with E-state index in [0.29, 0.717) is 0 Å². The Labute approximate surface area is 198 Å². The average molecular weight is 936 g/mol. The number of hydrogen-bond acceptors (Lipinski definition) is 5. The minimum atomic E-state index is 0. The molecule has 0 aliphatic heterocycles. The maximum atomic E-state index is 4.15. The van der Waals surface area contributed by atoms with E-state index in [9.17, 15) is 0 Å². The summed E-state index contributed by atoms with van der Waals surface area (Å²) in [6.07, 6.45) is 0. The summed E-state index contributed by atoms with van der Waals surface area (Å²) in [6, 6.07) is 0. The zero-order valence-electron chi connectivity index (χ0n) is 8.49. The number of halogens is 2. The quantitative estimate of drug-likeness (QED) is 0.197. The van der Waals surface area contributed by atoms with Crippen LogP contribution < -0.4 is 0 Å². The van der Waals surface area contributed by atoms with Crippen molar-refractivity contribution < 1.29 is 35.8 Å². The topological polar surface area (TPSA) is 158 Å². The molecule has 18 heteroatoms. The Kier molecular flexibility index (Phi) is 1020. The van der Waals surface area contributed by atoms with Gasteiger partial charge in [-0.2, -0.15) is 0 Å². The second kappa shape index (κ2) is 242. The first-order valence-electron chi connectivity index (χ1n) is 1.41. The molecule has 0 rings (SSSR count). The molecule has 0 aromatic carbocycles. The van der Waals surface area contributed by atoms with Crippen LogP contribution in [0, 0.1) is 0 Å². The molecular weight excluding hydrogens is 921 g/mol. The van der Waals surface area contributed by atoms with E-state index < -0.39 is 0 Å². The molecular formula is H15CuGe5I2O5S5. The van der Waals surface area contributed by atoms with Crippen LogP contribution in [-0.4, -0.2) is 102 Å². The molecule has 0 amide bonds. The molecule has 0 heterocycles. The molecule has 0 aliphatic rings. The molecule has 0 bridgehead atoms. The third kappa shape index (κ3) is 293. The van der Waals surface area contributed by atoms with Crippen LogP contribution in [0.25, 0.3) is 0 Å². The van der Waals surface area contributed by atoms with Gasteiger partial charge in [-0.15, -0.1) is 0 Å². The van der Waals surface area contributed by atoms with Crippen LogP contribution in [0.1, 0.15) is 0 Å². The zero-order valence-corrected chi connectivity index (χ0v) is 29.9.